The molecule has 0 spiro atoms. The average molecular weight is 377 g/mol. The molecule has 0 atom stereocenters. The molecule has 5 heteroatoms. The highest BCUT2D eigenvalue weighted by Crippen LogP contribution is 2.19. The Morgan fingerprint density at radius 2 is 2.10 bits per heavy atom. The van der Waals surface area contributed by atoms with Crippen molar-refractivity contribution >= 4 is 45.2 Å². The lowest BCUT2D eigenvalue weighted by Crippen LogP contribution is -2.12. The van der Waals surface area contributed by atoms with E-state index in [4.69, 9.17) is 0 Å². The van der Waals surface area contributed by atoms with Crippen LogP contribution in [0.1, 0.15) is 15.9 Å². The summed E-state index contributed by atoms with van der Waals surface area (Å²) in [6.45, 7) is 1.98. The number of aromatic nitrogens is 2. The first-order valence-corrected chi connectivity index (χ1v) is 7.22. The Morgan fingerprint density at radius 1 is 1.25 bits per heavy atom. The zero-order chi connectivity index (χ0) is 14.1. The minimum absolute atomic E-state index is 0.120. The molecule has 20 heavy (non-hydrogen) atoms. The summed E-state index contributed by atoms with van der Waals surface area (Å²) in [5.41, 5.74) is 4.21. The topological polar surface area (TPSA) is 57.8 Å². The molecule has 3 rings (SSSR count). The summed E-state index contributed by atoms with van der Waals surface area (Å²) in [6, 6.07) is 11.3. The number of nitrogens with one attached hydrogen (secondary N) is 2. The second-order valence-corrected chi connectivity index (χ2v) is 5.79. The van der Waals surface area contributed by atoms with Gasteiger partial charge in [0.25, 0.3) is 5.91 Å². The van der Waals surface area contributed by atoms with E-state index in [9.17, 15) is 4.79 Å². The van der Waals surface area contributed by atoms with Crippen molar-refractivity contribution in [2.24, 2.45) is 0 Å². The number of H-pyrrole nitrogens is 1. The predicted molar refractivity (Wildman–Crippen MR) is 87.9 cm³/mol. The van der Waals surface area contributed by atoms with Gasteiger partial charge in [0.15, 0.2) is 0 Å². The van der Waals surface area contributed by atoms with Crippen LogP contribution in [0.5, 0.6) is 0 Å². The van der Waals surface area contributed by atoms with E-state index < -0.39 is 0 Å². The predicted octanol–water partition coefficient (Wildman–Crippen LogP) is 3.73. The van der Waals surface area contributed by atoms with Crippen molar-refractivity contribution in [3.05, 3.63) is 57.4 Å². The summed E-state index contributed by atoms with van der Waals surface area (Å²) < 4.78 is 1.15. The maximum Gasteiger partial charge on any atom is 0.255 e. The van der Waals surface area contributed by atoms with Gasteiger partial charge in [0.1, 0.15) is 0 Å². The summed E-state index contributed by atoms with van der Waals surface area (Å²) in [4.78, 5) is 19.4. The largest absolute Gasteiger partial charge is 0.345 e. The molecule has 1 amide bonds. The first-order valence-electron chi connectivity index (χ1n) is 6.14. The summed E-state index contributed by atoms with van der Waals surface area (Å²) in [5.74, 6) is -0.120. The minimum atomic E-state index is -0.120. The lowest BCUT2D eigenvalue weighted by Gasteiger charge is -2.08. The van der Waals surface area contributed by atoms with Crippen LogP contribution >= 0.6 is 22.6 Å². The van der Waals surface area contributed by atoms with Gasteiger partial charge in [-0.1, -0.05) is 0 Å². The average Bonchev–Trinajstić information content (AvgIpc) is 2.89. The lowest BCUT2D eigenvalue weighted by molar-refractivity contribution is 0.102. The van der Waals surface area contributed by atoms with Crippen LogP contribution < -0.4 is 5.32 Å². The van der Waals surface area contributed by atoms with Crippen molar-refractivity contribution < 1.29 is 4.79 Å². The quantitative estimate of drug-likeness (QED) is 0.669. The minimum Gasteiger partial charge on any atom is -0.345 e. The fourth-order valence-electron chi connectivity index (χ4n) is 2.04. The number of imidazole rings is 1. The van der Waals surface area contributed by atoms with E-state index in [0.717, 1.165) is 25.9 Å². The van der Waals surface area contributed by atoms with Gasteiger partial charge in [-0.3, -0.25) is 4.79 Å². The second kappa shape index (κ2) is 5.24. The van der Waals surface area contributed by atoms with Gasteiger partial charge in [-0.05, 0) is 71.5 Å². The first-order chi connectivity index (χ1) is 9.63. The molecule has 0 aliphatic heterocycles. The molecule has 0 saturated heterocycles. The summed E-state index contributed by atoms with van der Waals surface area (Å²) >= 11 is 2.25. The van der Waals surface area contributed by atoms with Crippen LogP contribution in [0.25, 0.3) is 11.0 Å². The van der Waals surface area contributed by atoms with Crippen molar-refractivity contribution in [1.82, 2.24) is 9.97 Å². The number of carbonyl (C=O) groups is 1. The molecule has 0 saturated carbocycles. The van der Waals surface area contributed by atoms with Gasteiger partial charge in [-0.2, -0.15) is 0 Å². The van der Waals surface area contributed by atoms with Crippen LogP contribution in [-0.2, 0) is 0 Å². The molecule has 1 aromatic heterocycles. The third-order valence-corrected chi connectivity index (χ3v) is 3.79. The number of rotatable bonds is 2. The Hall–Kier alpha value is -1.89. The Bertz CT molecular complexity index is 795. The number of halogens is 1. The third kappa shape index (κ3) is 2.53. The number of nitrogens with zero attached hydrogens (tertiary/aromatic N) is 1. The number of fused-ring (bicyclic) bond motifs is 1. The Labute approximate surface area is 129 Å². The van der Waals surface area contributed by atoms with E-state index in [1.54, 1.807) is 18.5 Å². The molecule has 100 valence electrons. The van der Waals surface area contributed by atoms with E-state index in [-0.39, 0.29) is 5.91 Å². The van der Waals surface area contributed by atoms with E-state index in [1.165, 1.54) is 0 Å². The normalized spacial score (nSPS) is 10.7. The van der Waals surface area contributed by atoms with Crippen LogP contribution in [0.3, 0.4) is 0 Å². The molecule has 0 fully saturated rings. The Kier molecular flexibility index (Phi) is 3.43. The number of aryl methyl sites for hydroxylation is 1. The number of aromatic amines is 1. The Balaban J connectivity index is 1.88. The molecule has 0 aliphatic carbocycles. The molecule has 0 bridgehead atoms. The number of hydrogen-bond acceptors (Lipinski definition) is 2. The van der Waals surface area contributed by atoms with E-state index >= 15 is 0 Å². The second-order valence-electron chi connectivity index (χ2n) is 4.55. The molecule has 2 N–H and O–H groups in total. The van der Waals surface area contributed by atoms with Gasteiger partial charge in [0.05, 0.1) is 17.4 Å². The number of hydrogen-bond donors (Lipinski definition) is 2. The van der Waals surface area contributed by atoms with Crippen LogP contribution in [0.2, 0.25) is 0 Å². The summed E-state index contributed by atoms with van der Waals surface area (Å²) in [7, 11) is 0. The smallest absolute Gasteiger partial charge is 0.255 e. The standard InChI is InChI=1S/C15H12IN3O/c1-9-6-11(16)3-5-12(9)19-15(20)10-2-4-13-14(7-10)18-8-17-13/h2-8H,1H3,(H,17,18)(H,19,20). The molecule has 0 aliphatic rings. The maximum absolute atomic E-state index is 12.3. The van der Waals surface area contributed by atoms with Gasteiger partial charge in [-0.15, -0.1) is 0 Å². The summed E-state index contributed by atoms with van der Waals surface area (Å²) in [6.07, 6.45) is 1.62. The van der Waals surface area contributed by atoms with Gasteiger partial charge < -0.3 is 10.3 Å². The number of carbonyl (C=O) groups excluding carboxylic acids is 1. The number of amides is 1. The first kappa shape index (κ1) is 13.1. The molecule has 4 nitrogen and oxygen atoms in total. The zero-order valence-corrected chi connectivity index (χ0v) is 12.9. The van der Waals surface area contributed by atoms with Crippen LogP contribution in [-0.4, -0.2) is 15.9 Å². The summed E-state index contributed by atoms with van der Waals surface area (Å²) in [5, 5.41) is 2.93. The molecule has 0 radical (unpaired) electrons. The van der Waals surface area contributed by atoms with E-state index in [2.05, 4.69) is 37.9 Å². The van der Waals surface area contributed by atoms with Gasteiger partial charge in [0, 0.05) is 14.8 Å². The van der Waals surface area contributed by atoms with Crippen molar-refractivity contribution in [2.75, 3.05) is 5.32 Å². The number of anilines is 1. The fourth-order valence-corrected chi connectivity index (χ4v) is 2.69. The van der Waals surface area contributed by atoms with Gasteiger partial charge in [-0.25, -0.2) is 4.98 Å². The monoisotopic (exact) mass is 377 g/mol. The molecule has 0 unspecified atom stereocenters. The van der Waals surface area contributed by atoms with E-state index in [0.29, 0.717) is 5.56 Å². The van der Waals surface area contributed by atoms with Gasteiger partial charge in [0.2, 0.25) is 0 Å². The van der Waals surface area contributed by atoms with Crippen LogP contribution in [0.4, 0.5) is 5.69 Å². The Morgan fingerprint density at radius 3 is 2.90 bits per heavy atom. The van der Waals surface area contributed by atoms with Gasteiger partial charge >= 0.3 is 0 Å². The number of benzene rings is 2. The molecule has 1 heterocycles. The third-order valence-electron chi connectivity index (χ3n) is 3.12. The highest BCUT2D eigenvalue weighted by atomic mass is 127. The van der Waals surface area contributed by atoms with Crippen LogP contribution in [0.15, 0.2) is 42.7 Å². The SMILES string of the molecule is Cc1cc(I)ccc1NC(=O)c1ccc2nc[nH]c2c1. The highest BCUT2D eigenvalue weighted by molar-refractivity contribution is 14.1. The molecular weight excluding hydrogens is 365 g/mol. The van der Waals surface area contributed by atoms with Crippen LogP contribution in [0, 0.1) is 10.5 Å². The lowest BCUT2D eigenvalue weighted by atomic mass is 10.1. The van der Waals surface area contributed by atoms with Crippen molar-refractivity contribution in [2.45, 2.75) is 6.92 Å². The van der Waals surface area contributed by atoms with Crippen molar-refractivity contribution in [1.29, 1.82) is 0 Å². The molecule has 2 aromatic carbocycles. The van der Waals surface area contributed by atoms with Crippen molar-refractivity contribution in [3.63, 3.8) is 0 Å². The van der Waals surface area contributed by atoms with E-state index in [1.807, 2.05) is 31.2 Å². The molecule has 3 aromatic rings. The highest BCUT2D eigenvalue weighted by Gasteiger charge is 2.09. The molecular formula is C15H12IN3O. The fraction of sp³-hybridized carbons (Fsp3) is 0.0667. The van der Waals surface area contributed by atoms with Crippen molar-refractivity contribution in [3.8, 4) is 0 Å². The zero-order valence-electron chi connectivity index (χ0n) is 10.8. The maximum atomic E-state index is 12.3.